The van der Waals surface area contributed by atoms with Crippen LogP contribution in [0.5, 0.6) is 0 Å². The molecule has 0 heterocycles. The molecular weight excluding hydrogens is 108 g/mol. The third-order valence-electron chi connectivity index (χ3n) is 1.43. The molecule has 0 amide bonds. The minimum atomic E-state index is 1.20. The van der Waals surface area contributed by atoms with Crippen LogP contribution in [0.3, 0.4) is 0 Å². The number of hydrogen-bond donors (Lipinski definition) is 0. The maximum atomic E-state index is 2.20. The molecular formula is C9H12. The predicted molar refractivity (Wildman–Crippen MR) is 41.3 cm³/mol. The van der Waals surface area contributed by atoms with E-state index in [1.54, 1.807) is 0 Å². The van der Waals surface area contributed by atoms with Gasteiger partial charge in [-0.25, -0.2) is 0 Å². The van der Waals surface area contributed by atoms with Gasteiger partial charge in [-0.05, 0) is 25.3 Å². The van der Waals surface area contributed by atoms with E-state index in [2.05, 4.69) is 37.3 Å². The minimum Gasteiger partial charge on any atom is -0.0874 e. The van der Waals surface area contributed by atoms with Gasteiger partial charge in [0.05, 0.1) is 0 Å². The van der Waals surface area contributed by atoms with Gasteiger partial charge in [-0.15, -0.1) is 0 Å². The van der Waals surface area contributed by atoms with Gasteiger partial charge in [-0.1, -0.05) is 30.4 Å². The van der Waals surface area contributed by atoms with E-state index < -0.39 is 0 Å². The van der Waals surface area contributed by atoms with Gasteiger partial charge in [0.15, 0.2) is 0 Å². The van der Waals surface area contributed by atoms with Gasteiger partial charge in [0.1, 0.15) is 0 Å². The van der Waals surface area contributed by atoms with Gasteiger partial charge >= 0.3 is 0 Å². The zero-order valence-electron chi connectivity index (χ0n) is 5.80. The Labute approximate surface area is 56.6 Å². The van der Waals surface area contributed by atoms with Crippen molar-refractivity contribution >= 4 is 0 Å². The molecule has 1 rings (SSSR count). The molecule has 1 aliphatic carbocycles. The predicted octanol–water partition coefficient (Wildman–Crippen LogP) is 2.84. The van der Waals surface area contributed by atoms with Crippen LogP contribution in [-0.4, -0.2) is 0 Å². The third kappa shape index (κ3) is 1.88. The van der Waals surface area contributed by atoms with Gasteiger partial charge in [0.25, 0.3) is 0 Å². The van der Waals surface area contributed by atoms with Crippen LogP contribution in [0, 0.1) is 0 Å². The Kier molecular flexibility index (Phi) is 2.32. The van der Waals surface area contributed by atoms with Crippen LogP contribution in [-0.2, 0) is 0 Å². The van der Waals surface area contributed by atoms with Gasteiger partial charge in [0.2, 0.25) is 0 Å². The summed E-state index contributed by atoms with van der Waals surface area (Å²) in [6, 6.07) is 0. The first-order valence-electron chi connectivity index (χ1n) is 3.42. The van der Waals surface area contributed by atoms with E-state index in [0.29, 0.717) is 0 Å². The number of rotatable bonds is 1. The van der Waals surface area contributed by atoms with Gasteiger partial charge in [0, 0.05) is 0 Å². The Morgan fingerprint density at radius 3 is 3.00 bits per heavy atom. The maximum absolute atomic E-state index is 2.20. The van der Waals surface area contributed by atoms with Gasteiger partial charge in [-0.3, -0.25) is 0 Å². The van der Waals surface area contributed by atoms with Crippen molar-refractivity contribution in [1.29, 1.82) is 0 Å². The summed E-state index contributed by atoms with van der Waals surface area (Å²) in [6.07, 6.45) is 13.2. The third-order valence-corrected chi connectivity index (χ3v) is 1.43. The van der Waals surface area contributed by atoms with Crippen molar-refractivity contribution in [1.82, 2.24) is 0 Å². The van der Waals surface area contributed by atoms with E-state index in [-0.39, 0.29) is 0 Å². The molecule has 0 nitrogen and oxygen atoms in total. The Morgan fingerprint density at radius 1 is 1.56 bits per heavy atom. The van der Waals surface area contributed by atoms with Crippen molar-refractivity contribution in [2.24, 2.45) is 0 Å². The standard InChI is InChI=1S/C9H12/c1-2-6-9-7-4-3-5-8-9/h2-4,6-7H,5,8H2,1H3. The average molecular weight is 120 g/mol. The smallest absolute Gasteiger partial charge is 0.0244 e. The summed E-state index contributed by atoms with van der Waals surface area (Å²) in [4.78, 5) is 0. The molecule has 0 bridgehead atoms. The molecule has 0 radical (unpaired) electrons. The van der Waals surface area contributed by atoms with E-state index in [0.717, 1.165) is 0 Å². The maximum Gasteiger partial charge on any atom is -0.0244 e. The normalized spacial score (nSPS) is 18.6. The molecule has 0 spiro atoms. The topological polar surface area (TPSA) is 0 Å². The summed E-state index contributed by atoms with van der Waals surface area (Å²) in [5.41, 5.74) is 1.44. The van der Waals surface area contributed by atoms with Crippen LogP contribution in [0.15, 0.2) is 36.0 Å². The van der Waals surface area contributed by atoms with Crippen molar-refractivity contribution in [3.63, 3.8) is 0 Å². The van der Waals surface area contributed by atoms with Gasteiger partial charge in [-0.2, -0.15) is 0 Å². The van der Waals surface area contributed by atoms with Crippen molar-refractivity contribution in [3.8, 4) is 0 Å². The van der Waals surface area contributed by atoms with Crippen LogP contribution in [0.2, 0.25) is 0 Å². The molecule has 0 atom stereocenters. The van der Waals surface area contributed by atoms with Crippen molar-refractivity contribution in [2.75, 3.05) is 0 Å². The van der Waals surface area contributed by atoms with Crippen LogP contribution < -0.4 is 0 Å². The molecule has 0 aromatic heterocycles. The Morgan fingerprint density at radius 2 is 2.44 bits per heavy atom. The highest BCUT2D eigenvalue weighted by atomic mass is 14.0. The highest BCUT2D eigenvalue weighted by molar-refractivity contribution is 5.26. The summed E-state index contributed by atoms with van der Waals surface area (Å²) in [5.74, 6) is 0. The molecule has 0 aromatic carbocycles. The Hall–Kier alpha value is -0.780. The summed E-state index contributed by atoms with van der Waals surface area (Å²) >= 11 is 0. The lowest BCUT2D eigenvalue weighted by molar-refractivity contribution is 0.990. The summed E-state index contributed by atoms with van der Waals surface area (Å²) in [6.45, 7) is 2.05. The Balaban J connectivity index is 2.57. The molecule has 0 unspecified atom stereocenters. The molecule has 0 fully saturated rings. The molecule has 1 aliphatic rings. The number of allylic oxidation sites excluding steroid dienone is 6. The van der Waals surface area contributed by atoms with Crippen LogP contribution >= 0.6 is 0 Å². The van der Waals surface area contributed by atoms with Crippen LogP contribution in [0.4, 0.5) is 0 Å². The van der Waals surface area contributed by atoms with Crippen LogP contribution in [0.1, 0.15) is 19.8 Å². The first-order valence-corrected chi connectivity index (χ1v) is 3.42. The second-order valence-corrected chi connectivity index (χ2v) is 2.21. The second-order valence-electron chi connectivity index (χ2n) is 2.21. The molecule has 0 N–H and O–H groups in total. The van der Waals surface area contributed by atoms with Gasteiger partial charge < -0.3 is 0 Å². The summed E-state index contributed by atoms with van der Waals surface area (Å²) in [7, 11) is 0. The Bertz CT molecular complexity index is 159. The molecule has 9 heavy (non-hydrogen) atoms. The van der Waals surface area contributed by atoms with E-state index in [4.69, 9.17) is 0 Å². The fourth-order valence-corrected chi connectivity index (χ4v) is 0.974. The zero-order chi connectivity index (χ0) is 6.53. The first-order chi connectivity index (χ1) is 4.43. The lowest BCUT2D eigenvalue weighted by atomic mass is 10.1. The zero-order valence-corrected chi connectivity index (χ0v) is 5.80. The summed E-state index contributed by atoms with van der Waals surface area (Å²) in [5, 5.41) is 0. The average Bonchev–Trinajstić information content (AvgIpc) is 1.91. The van der Waals surface area contributed by atoms with Crippen molar-refractivity contribution in [2.45, 2.75) is 19.8 Å². The van der Waals surface area contributed by atoms with E-state index in [9.17, 15) is 0 Å². The monoisotopic (exact) mass is 120 g/mol. The second kappa shape index (κ2) is 3.29. The molecule has 48 valence electrons. The fraction of sp³-hybridized carbons (Fsp3) is 0.333. The molecule has 0 heteroatoms. The lowest BCUT2D eigenvalue weighted by Gasteiger charge is -2.01. The largest absolute Gasteiger partial charge is 0.0874 e. The van der Waals surface area contributed by atoms with Crippen molar-refractivity contribution < 1.29 is 0 Å². The highest BCUT2D eigenvalue weighted by Crippen LogP contribution is 2.11. The van der Waals surface area contributed by atoms with E-state index >= 15 is 0 Å². The summed E-state index contributed by atoms with van der Waals surface area (Å²) < 4.78 is 0. The van der Waals surface area contributed by atoms with Crippen molar-refractivity contribution in [3.05, 3.63) is 36.0 Å². The minimum absolute atomic E-state index is 1.20. The first kappa shape index (κ1) is 6.34. The molecule has 0 saturated carbocycles. The van der Waals surface area contributed by atoms with E-state index in [1.165, 1.54) is 18.4 Å². The van der Waals surface area contributed by atoms with E-state index in [1.807, 2.05) is 0 Å². The lowest BCUT2D eigenvalue weighted by Crippen LogP contribution is -1.81. The molecule has 0 aromatic rings. The molecule has 0 aliphatic heterocycles. The van der Waals surface area contributed by atoms with Crippen LogP contribution in [0.25, 0.3) is 0 Å². The SMILES string of the molecule is CC=CC1=CC=CCC1. The quantitative estimate of drug-likeness (QED) is 0.499. The highest BCUT2D eigenvalue weighted by Gasteiger charge is 1.91. The molecule has 0 saturated heterocycles. The number of hydrogen-bond acceptors (Lipinski definition) is 0. The fourth-order valence-electron chi connectivity index (χ4n) is 0.974.